The Bertz CT molecular complexity index is 536. The average molecular weight is 267 g/mol. The van der Waals surface area contributed by atoms with E-state index in [1.807, 2.05) is 12.1 Å². The molecule has 3 N–H and O–H groups in total. The molecular formula is C17H21N3. The second-order valence-corrected chi connectivity index (χ2v) is 5.33. The van der Waals surface area contributed by atoms with Gasteiger partial charge < -0.3 is 16.0 Å². The highest BCUT2D eigenvalue weighted by atomic mass is 15.2. The van der Waals surface area contributed by atoms with Crippen LogP contribution in [0.25, 0.3) is 0 Å². The molecule has 3 heteroatoms. The monoisotopic (exact) mass is 267 g/mol. The van der Waals surface area contributed by atoms with Crippen LogP contribution in [0.5, 0.6) is 0 Å². The summed E-state index contributed by atoms with van der Waals surface area (Å²) in [5.41, 5.74) is 9.26. The SMILES string of the molecule is Nc1ccc(N2CCNCC2Cc2ccccc2)cc1. The molecule has 1 atom stereocenters. The summed E-state index contributed by atoms with van der Waals surface area (Å²) in [6.45, 7) is 3.11. The van der Waals surface area contributed by atoms with Crippen molar-refractivity contribution in [1.29, 1.82) is 0 Å². The van der Waals surface area contributed by atoms with Crippen molar-refractivity contribution < 1.29 is 0 Å². The smallest absolute Gasteiger partial charge is 0.0455 e. The lowest BCUT2D eigenvalue weighted by Gasteiger charge is -2.38. The molecule has 1 aliphatic rings. The topological polar surface area (TPSA) is 41.3 Å². The molecule has 2 aromatic rings. The van der Waals surface area contributed by atoms with E-state index in [4.69, 9.17) is 5.73 Å². The third-order valence-electron chi connectivity index (χ3n) is 3.89. The van der Waals surface area contributed by atoms with Gasteiger partial charge >= 0.3 is 0 Å². The van der Waals surface area contributed by atoms with Crippen molar-refractivity contribution in [3.05, 3.63) is 60.2 Å². The van der Waals surface area contributed by atoms with Crippen LogP contribution < -0.4 is 16.0 Å². The fourth-order valence-electron chi connectivity index (χ4n) is 2.84. The first-order chi connectivity index (χ1) is 9.83. The molecule has 104 valence electrons. The fourth-order valence-corrected chi connectivity index (χ4v) is 2.84. The molecule has 1 aliphatic heterocycles. The van der Waals surface area contributed by atoms with Crippen molar-refractivity contribution in [2.24, 2.45) is 0 Å². The predicted octanol–water partition coefficient (Wildman–Crippen LogP) is 2.29. The molecule has 1 heterocycles. The summed E-state index contributed by atoms with van der Waals surface area (Å²) in [6.07, 6.45) is 1.07. The largest absolute Gasteiger partial charge is 0.399 e. The van der Waals surface area contributed by atoms with Crippen LogP contribution in [0.15, 0.2) is 54.6 Å². The van der Waals surface area contributed by atoms with Gasteiger partial charge in [-0.3, -0.25) is 0 Å². The van der Waals surface area contributed by atoms with E-state index in [0.29, 0.717) is 6.04 Å². The Kier molecular flexibility index (Phi) is 3.88. The van der Waals surface area contributed by atoms with Crippen molar-refractivity contribution >= 4 is 11.4 Å². The molecule has 0 aliphatic carbocycles. The van der Waals surface area contributed by atoms with Crippen LogP contribution in [0.4, 0.5) is 11.4 Å². The van der Waals surface area contributed by atoms with Gasteiger partial charge in [-0.2, -0.15) is 0 Å². The van der Waals surface area contributed by atoms with E-state index < -0.39 is 0 Å². The molecule has 0 saturated carbocycles. The molecular weight excluding hydrogens is 246 g/mol. The fraction of sp³-hybridized carbons (Fsp3) is 0.294. The maximum atomic E-state index is 5.78. The molecule has 0 bridgehead atoms. The van der Waals surface area contributed by atoms with Crippen molar-refractivity contribution in [1.82, 2.24) is 5.32 Å². The molecule has 0 aromatic heterocycles. The predicted molar refractivity (Wildman–Crippen MR) is 85.0 cm³/mol. The van der Waals surface area contributed by atoms with Crippen LogP contribution in [0.2, 0.25) is 0 Å². The van der Waals surface area contributed by atoms with Gasteiger partial charge in [-0.1, -0.05) is 30.3 Å². The summed E-state index contributed by atoms with van der Waals surface area (Å²) < 4.78 is 0. The number of rotatable bonds is 3. The molecule has 2 aromatic carbocycles. The lowest BCUT2D eigenvalue weighted by molar-refractivity contribution is 0.473. The normalized spacial score (nSPS) is 19.0. The third-order valence-corrected chi connectivity index (χ3v) is 3.89. The quantitative estimate of drug-likeness (QED) is 0.838. The zero-order valence-electron chi connectivity index (χ0n) is 11.6. The van der Waals surface area contributed by atoms with Crippen molar-refractivity contribution in [2.75, 3.05) is 30.3 Å². The molecule has 1 saturated heterocycles. The number of piperazine rings is 1. The van der Waals surface area contributed by atoms with Gasteiger partial charge in [-0.15, -0.1) is 0 Å². The molecule has 3 nitrogen and oxygen atoms in total. The summed E-state index contributed by atoms with van der Waals surface area (Å²) in [4.78, 5) is 2.49. The summed E-state index contributed by atoms with van der Waals surface area (Å²) >= 11 is 0. The lowest BCUT2D eigenvalue weighted by Crippen LogP contribution is -2.52. The van der Waals surface area contributed by atoms with E-state index in [1.165, 1.54) is 11.3 Å². The Morgan fingerprint density at radius 3 is 2.55 bits per heavy atom. The lowest BCUT2D eigenvalue weighted by atomic mass is 10.0. The number of benzene rings is 2. The van der Waals surface area contributed by atoms with E-state index in [9.17, 15) is 0 Å². The number of anilines is 2. The number of nitrogens with zero attached hydrogens (tertiary/aromatic N) is 1. The minimum atomic E-state index is 0.495. The van der Waals surface area contributed by atoms with E-state index >= 15 is 0 Å². The Labute approximate surface area is 120 Å². The molecule has 0 radical (unpaired) electrons. The first kappa shape index (κ1) is 13.0. The Morgan fingerprint density at radius 1 is 1.05 bits per heavy atom. The Hall–Kier alpha value is -2.00. The highest BCUT2D eigenvalue weighted by Crippen LogP contribution is 2.21. The van der Waals surface area contributed by atoms with Crippen molar-refractivity contribution in [3.63, 3.8) is 0 Å². The zero-order chi connectivity index (χ0) is 13.8. The zero-order valence-corrected chi connectivity index (χ0v) is 11.6. The molecule has 20 heavy (non-hydrogen) atoms. The second kappa shape index (κ2) is 5.97. The van der Waals surface area contributed by atoms with E-state index in [-0.39, 0.29) is 0 Å². The van der Waals surface area contributed by atoms with Crippen LogP contribution >= 0.6 is 0 Å². The number of nitrogens with one attached hydrogen (secondary N) is 1. The summed E-state index contributed by atoms with van der Waals surface area (Å²) in [6, 6.07) is 19.4. The number of hydrogen-bond acceptors (Lipinski definition) is 3. The van der Waals surface area contributed by atoms with Gasteiger partial charge in [0.05, 0.1) is 0 Å². The molecule has 0 spiro atoms. The van der Waals surface area contributed by atoms with Crippen molar-refractivity contribution in [3.8, 4) is 0 Å². The second-order valence-electron chi connectivity index (χ2n) is 5.33. The highest BCUT2D eigenvalue weighted by molar-refractivity contribution is 5.54. The van der Waals surface area contributed by atoms with Gasteiger partial charge in [0, 0.05) is 37.1 Å². The standard InChI is InChI=1S/C17H21N3/c18-15-6-8-16(9-7-15)20-11-10-19-13-17(20)12-14-4-2-1-3-5-14/h1-9,17,19H,10-13,18H2. The number of nitrogens with two attached hydrogens (primary N) is 1. The first-order valence-corrected chi connectivity index (χ1v) is 7.20. The maximum Gasteiger partial charge on any atom is 0.0455 e. The summed E-state index contributed by atoms with van der Waals surface area (Å²) in [5.74, 6) is 0. The molecule has 3 rings (SSSR count). The van der Waals surface area contributed by atoms with Gasteiger partial charge in [0.15, 0.2) is 0 Å². The minimum absolute atomic E-state index is 0.495. The summed E-state index contributed by atoms with van der Waals surface area (Å²) in [7, 11) is 0. The van der Waals surface area contributed by atoms with Crippen molar-refractivity contribution in [2.45, 2.75) is 12.5 Å². The van der Waals surface area contributed by atoms with Gasteiger partial charge in [-0.05, 0) is 36.2 Å². The average Bonchev–Trinajstić information content (AvgIpc) is 2.50. The number of hydrogen-bond donors (Lipinski definition) is 2. The maximum absolute atomic E-state index is 5.78. The number of nitrogen functional groups attached to an aromatic ring is 1. The van der Waals surface area contributed by atoms with Crippen LogP contribution in [-0.4, -0.2) is 25.7 Å². The van der Waals surface area contributed by atoms with Gasteiger partial charge in [-0.25, -0.2) is 0 Å². The van der Waals surface area contributed by atoms with Gasteiger partial charge in [0.25, 0.3) is 0 Å². The van der Waals surface area contributed by atoms with Gasteiger partial charge in [0.1, 0.15) is 0 Å². The van der Waals surface area contributed by atoms with E-state index in [1.54, 1.807) is 0 Å². The molecule has 1 unspecified atom stereocenters. The van der Waals surface area contributed by atoms with Crippen LogP contribution in [0.3, 0.4) is 0 Å². The molecule has 0 amide bonds. The van der Waals surface area contributed by atoms with Crippen LogP contribution in [0.1, 0.15) is 5.56 Å². The first-order valence-electron chi connectivity index (χ1n) is 7.20. The minimum Gasteiger partial charge on any atom is -0.399 e. The third kappa shape index (κ3) is 2.94. The molecule has 1 fully saturated rings. The highest BCUT2D eigenvalue weighted by Gasteiger charge is 2.22. The Balaban J connectivity index is 1.78. The van der Waals surface area contributed by atoms with Gasteiger partial charge in [0.2, 0.25) is 0 Å². The van der Waals surface area contributed by atoms with Crippen LogP contribution in [-0.2, 0) is 6.42 Å². The van der Waals surface area contributed by atoms with E-state index in [0.717, 1.165) is 31.7 Å². The summed E-state index contributed by atoms with van der Waals surface area (Å²) in [5, 5.41) is 3.50. The van der Waals surface area contributed by atoms with Crippen LogP contribution in [0, 0.1) is 0 Å². The van der Waals surface area contributed by atoms with E-state index in [2.05, 4.69) is 52.7 Å². The Morgan fingerprint density at radius 2 is 1.80 bits per heavy atom.